The molecule has 0 aliphatic carbocycles. The minimum Gasteiger partial charge on any atom is -0.494 e. The fraction of sp³-hybridized carbons (Fsp3) is 0.462. The number of benzene rings is 1. The van der Waals surface area contributed by atoms with E-state index >= 15 is 0 Å². The predicted octanol–water partition coefficient (Wildman–Crippen LogP) is 2.36. The number of ether oxygens (including phenoxy) is 1. The lowest BCUT2D eigenvalue weighted by molar-refractivity contribution is 0.419. The summed E-state index contributed by atoms with van der Waals surface area (Å²) in [5.74, 6) is 2.00. The van der Waals surface area contributed by atoms with Crippen molar-refractivity contribution in [3.8, 4) is 5.75 Å². The highest BCUT2D eigenvalue weighted by molar-refractivity contribution is 5.79. The van der Waals surface area contributed by atoms with Crippen LogP contribution in [-0.2, 0) is 6.42 Å². The van der Waals surface area contributed by atoms with Gasteiger partial charge in [-0.1, -0.05) is 13.0 Å². The molecular weight excluding hydrogens is 216 g/mol. The van der Waals surface area contributed by atoms with Crippen LogP contribution >= 0.6 is 0 Å². The lowest BCUT2D eigenvalue weighted by Gasteiger charge is -2.04. The van der Waals surface area contributed by atoms with Gasteiger partial charge in [-0.15, -0.1) is 0 Å². The summed E-state index contributed by atoms with van der Waals surface area (Å²) in [5.41, 5.74) is 7.16. The molecule has 4 nitrogen and oxygen atoms in total. The summed E-state index contributed by atoms with van der Waals surface area (Å²) in [6.07, 6.45) is 1.81. The van der Waals surface area contributed by atoms with E-state index in [2.05, 4.69) is 11.9 Å². The van der Waals surface area contributed by atoms with Crippen molar-refractivity contribution in [3.05, 3.63) is 24.1 Å². The molecule has 0 spiro atoms. The molecule has 0 amide bonds. The molecule has 2 N–H and O–H groups in total. The highest BCUT2D eigenvalue weighted by Crippen LogP contribution is 2.26. The molecule has 2 aromatic rings. The number of hydrogen-bond acceptors (Lipinski definition) is 4. The number of nitrogens with zero attached hydrogens (tertiary/aromatic N) is 1. The fourth-order valence-corrected chi connectivity index (χ4v) is 1.73. The maximum absolute atomic E-state index is 5.67. The van der Waals surface area contributed by atoms with E-state index < -0.39 is 0 Å². The van der Waals surface area contributed by atoms with E-state index in [0.29, 0.717) is 12.5 Å². The number of nitrogens with two attached hydrogens (primary N) is 1. The van der Waals surface area contributed by atoms with Crippen molar-refractivity contribution in [1.82, 2.24) is 4.98 Å². The first-order valence-corrected chi connectivity index (χ1v) is 5.87. The summed E-state index contributed by atoms with van der Waals surface area (Å²) in [5, 5.41) is 0. The molecule has 2 rings (SSSR count). The average Bonchev–Trinajstić information content (AvgIpc) is 2.78. The second kappa shape index (κ2) is 5.19. The molecule has 4 heteroatoms. The first-order chi connectivity index (χ1) is 8.24. The van der Waals surface area contributed by atoms with Crippen molar-refractivity contribution in [2.45, 2.75) is 19.8 Å². The Kier molecular flexibility index (Phi) is 3.64. The Morgan fingerprint density at radius 1 is 1.47 bits per heavy atom. The number of rotatable bonds is 5. The molecule has 0 aliphatic rings. The van der Waals surface area contributed by atoms with E-state index in [9.17, 15) is 0 Å². The van der Waals surface area contributed by atoms with Crippen LogP contribution in [0.5, 0.6) is 5.75 Å². The number of methoxy groups -OCH3 is 1. The van der Waals surface area contributed by atoms with Crippen LogP contribution in [0.15, 0.2) is 22.6 Å². The Morgan fingerprint density at radius 3 is 3.00 bits per heavy atom. The second-order valence-electron chi connectivity index (χ2n) is 4.29. The third kappa shape index (κ3) is 2.58. The summed E-state index contributed by atoms with van der Waals surface area (Å²) in [7, 11) is 1.64. The van der Waals surface area contributed by atoms with Crippen LogP contribution in [0.1, 0.15) is 19.2 Å². The lowest BCUT2D eigenvalue weighted by atomic mass is 10.1. The zero-order valence-corrected chi connectivity index (χ0v) is 10.3. The number of oxazole rings is 1. The molecule has 1 unspecified atom stereocenters. The maximum atomic E-state index is 5.67. The van der Waals surface area contributed by atoms with Crippen LogP contribution in [0.2, 0.25) is 0 Å². The molecule has 1 aromatic heterocycles. The van der Waals surface area contributed by atoms with Crippen LogP contribution in [-0.4, -0.2) is 18.6 Å². The van der Waals surface area contributed by atoms with Crippen molar-refractivity contribution in [2.24, 2.45) is 11.7 Å². The highest BCUT2D eigenvalue weighted by atomic mass is 16.5. The Morgan fingerprint density at radius 2 is 2.29 bits per heavy atom. The largest absolute Gasteiger partial charge is 0.494 e. The van der Waals surface area contributed by atoms with Gasteiger partial charge < -0.3 is 14.9 Å². The molecule has 0 saturated heterocycles. The molecule has 0 aliphatic heterocycles. The topological polar surface area (TPSA) is 61.3 Å². The molecule has 1 heterocycles. The molecule has 0 bridgehead atoms. The van der Waals surface area contributed by atoms with Gasteiger partial charge in [-0.2, -0.15) is 0 Å². The van der Waals surface area contributed by atoms with Crippen LogP contribution in [0.25, 0.3) is 11.1 Å². The molecule has 0 saturated carbocycles. The maximum Gasteiger partial charge on any atom is 0.195 e. The second-order valence-corrected chi connectivity index (χ2v) is 4.29. The fourth-order valence-electron chi connectivity index (χ4n) is 1.73. The highest BCUT2D eigenvalue weighted by Gasteiger charge is 2.10. The smallest absolute Gasteiger partial charge is 0.195 e. The average molecular weight is 234 g/mol. The molecule has 0 radical (unpaired) electrons. The Labute approximate surface area is 101 Å². The lowest BCUT2D eigenvalue weighted by Crippen LogP contribution is -2.11. The van der Waals surface area contributed by atoms with E-state index in [1.807, 2.05) is 18.2 Å². The Hall–Kier alpha value is -1.55. The third-order valence-corrected chi connectivity index (χ3v) is 2.90. The summed E-state index contributed by atoms with van der Waals surface area (Å²) >= 11 is 0. The third-order valence-electron chi connectivity index (χ3n) is 2.90. The molecule has 17 heavy (non-hydrogen) atoms. The van der Waals surface area contributed by atoms with Gasteiger partial charge in [0.15, 0.2) is 17.0 Å². The monoisotopic (exact) mass is 234 g/mol. The van der Waals surface area contributed by atoms with Gasteiger partial charge in [0.05, 0.1) is 7.11 Å². The zero-order valence-electron chi connectivity index (χ0n) is 10.3. The van der Waals surface area contributed by atoms with Gasteiger partial charge in [0.1, 0.15) is 5.75 Å². The van der Waals surface area contributed by atoms with Gasteiger partial charge in [0, 0.05) is 6.42 Å². The summed E-state index contributed by atoms with van der Waals surface area (Å²) in [6, 6.07) is 5.69. The van der Waals surface area contributed by atoms with Gasteiger partial charge in [0.2, 0.25) is 0 Å². The van der Waals surface area contributed by atoms with E-state index in [1.165, 1.54) is 0 Å². The zero-order chi connectivity index (χ0) is 12.3. The number of aryl methyl sites for hydroxylation is 1. The standard InChI is InChI=1S/C13H18N2O2/c1-9(8-14)6-7-12-15-13-10(16-2)4-3-5-11(13)17-12/h3-5,9H,6-8,14H2,1-2H3. The first-order valence-electron chi connectivity index (χ1n) is 5.87. The summed E-state index contributed by atoms with van der Waals surface area (Å²) in [6.45, 7) is 2.83. The van der Waals surface area contributed by atoms with E-state index in [4.69, 9.17) is 14.9 Å². The van der Waals surface area contributed by atoms with E-state index in [1.54, 1.807) is 7.11 Å². The number of para-hydroxylation sites is 1. The van der Waals surface area contributed by atoms with Crippen LogP contribution in [0.3, 0.4) is 0 Å². The quantitative estimate of drug-likeness (QED) is 0.862. The number of fused-ring (bicyclic) bond motifs is 1. The van der Waals surface area contributed by atoms with Crippen LogP contribution < -0.4 is 10.5 Å². The van der Waals surface area contributed by atoms with Crippen LogP contribution in [0, 0.1) is 5.92 Å². The first kappa shape index (κ1) is 11.9. The molecule has 1 atom stereocenters. The molecule has 0 fully saturated rings. The normalized spacial score (nSPS) is 12.9. The van der Waals surface area contributed by atoms with Crippen molar-refractivity contribution in [1.29, 1.82) is 0 Å². The van der Waals surface area contributed by atoms with Crippen LogP contribution in [0.4, 0.5) is 0 Å². The van der Waals surface area contributed by atoms with Gasteiger partial charge in [-0.25, -0.2) is 4.98 Å². The Bertz CT molecular complexity index is 493. The van der Waals surface area contributed by atoms with Crippen molar-refractivity contribution < 1.29 is 9.15 Å². The Balaban J connectivity index is 2.20. The summed E-state index contributed by atoms with van der Waals surface area (Å²) < 4.78 is 10.9. The van der Waals surface area contributed by atoms with Crippen molar-refractivity contribution in [2.75, 3.05) is 13.7 Å². The minimum absolute atomic E-state index is 0.493. The SMILES string of the molecule is COc1cccc2oc(CCC(C)CN)nc12. The molecule has 92 valence electrons. The van der Waals surface area contributed by atoms with Gasteiger partial charge in [-0.05, 0) is 31.0 Å². The molecule has 1 aromatic carbocycles. The van der Waals surface area contributed by atoms with Crippen molar-refractivity contribution >= 4 is 11.1 Å². The summed E-state index contributed by atoms with van der Waals surface area (Å²) in [4.78, 5) is 4.46. The van der Waals surface area contributed by atoms with E-state index in [0.717, 1.165) is 35.6 Å². The van der Waals surface area contributed by atoms with E-state index in [-0.39, 0.29) is 0 Å². The van der Waals surface area contributed by atoms with Gasteiger partial charge in [0.25, 0.3) is 0 Å². The molecular formula is C13H18N2O2. The van der Waals surface area contributed by atoms with Gasteiger partial charge >= 0.3 is 0 Å². The number of hydrogen-bond donors (Lipinski definition) is 1. The predicted molar refractivity (Wildman–Crippen MR) is 67.1 cm³/mol. The number of aromatic nitrogens is 1. The minimum atomic E-state index is 0.493. The van der Waals surface area contributed by atoms with Gasteiger partial charge in [-0.3, -0.25) is 0 Å². The van der Waals surface area contributed by atoms with Crippen molar-refractivity contribution in [3.63, 3.8) is 0 Å².